The van der Waals surface area contributed by atoms with Crippen molar-refractivity contribution in [3.63, 3.8) is 0 Å². The van der Waals surface area contributed by atoms with E-state index in [0.29, 0.717) is 23.7 Å². The maximum atomic E-state index is 12.7. The van der Waals surface area contributed by atoms with Gasteiger partial charge in [-0.15, -0.1) is 0 Å². The highest BCUT2D eigenvalue weighted by Crippen LogP contribution is 2.53. The van der Waals surface area contributed by atoms with Crippen molar-refractivity contribution in [2.75, 3.05) is 13.1 Å². The van der Waals surface area contributed by atoms with Gasteiger partial charge in [0.2, 0.25) is 11.8 Å². The second kappa shape index (κ2) is 5.33. The molecule has 2 saturated carbocycles. The van der Waals surface area contributed by atoms with E-state index in [0.717, 1.165) is 32.4 Å². The monoisotopic (exact) mass is 338 g/mol. The van der Waals surface area contributed by atoms with Gasteiger partial charge >= 0.3 is 0 Å². The molecule has 2 aliphatic carbocycles. The number of rotatable bonds is 2. The molecule has 4 fully saturated rings. The topological polar surface area (TPSA) is 49.4 Å². The maximum absolute atomic E-state index is 12.7. The molecule has 4 heteroatoms. The third-order valence-electron chi connectivity index (χ3n) is 7.20. The first-order chi connectivity index (χ1) is 12.1. The average molecular weight is 338 g/mol. The van der Waals surface area contributed by atoms with Gasteiger partial charge in [0, 0.05) is 36.4 Å². The summed E-state index contributed by atoms with van der Waals surface area (Å²) in [6.07, 6.45) is 6.99. The fourth-order valence-electron chi connectivity index (χ4n) is 5.82. The van der Waals surface area contributed by atoms with E-state index in [1.165, 1.54) is 24.8 Å². The van der Waals surface area contributed by atoms with Crippen LogP contribution >= 0.6 is 0 Å². The molecule has 1 atom stereocenters. The van der Waals surface area contributed by atoms with Crippen LogP contribution in [0.3, 0.4) is 0 Å². The summed E-state index contributed by atoms with van der Waals surface area (Å²) in [5.74, 6) is 1.30. The zero-order valence-corrected chi connectivity index (χ0v) is 14.7. The maximum Gasteiger partial charge on any atom is 0.225 e. The van der Waals surface area contributed by atoms with Crippen LogP contribution < -0.4 is 5.32 Å². The number of likely N-dealkylation sites (tertiary alicyclic amines) is 1. The van der Waals surface area contributed by atoms with Gasteiger partial charge in [0.15, 0.2) is 0 Å². The van der Waals surface area contributed by atoms with Gasteiger partial charge in [-0.05, 0) is 50.0 Å². The molecule has 0 unspecified atom stereocenters. The lowest BCUT2D eigenvalue weighted by Gasteiger charge is -2.53. The largest absolute Gasteiger partial charge is 0.351 e. The summed E-state index contributed by atoms with van der Waals surface area (Å²) in [5.41, 5.74) is 1.80. The fraction of sp³-hybridized carbons (Fsp3) is 0.619. The van der Waals surface area contributed by atoms with Crippen LogP contribution in [0.2, 0.25) is 0 Å². The number of carbonyl (C=O) groups is 2. The van der Waals surface area contributed by atoms with E-state index in [-0.39, 0.29) is 17.4 Å². The molecule has 5 rings (SSSR count). The lowest BCUT2D eigenvalue weighted by Crippen LogP contribution is -2.63. The minimum Gasteiger partial charge on any atom is -0.351 e. The van der Waals surface area contributed by atoms with Gasteiger partial charge in [-0.2, -0.15) is 0 Å². The normalized spacial score (nSPS) is 35.5. The summed E-state index contributed by atoms with van der Waals surface area (Å²) in [6, 6.07) is 10.8. The van der Waals surface area contributed by atoms with Crippen LogP contribution in [0.4, 0.5) is 0 Å². The molecule has 0 bridgehead atoms. The van der Waals surface area contributed by atoms with Crippen molar-refractivity contribution in [1.29, 1.82) is 0 Å². The molecule has 2 spiro atoms. The van der Waals surface area contributed by atoms with E-state index in [1.807, 2.05) is 0 Å². The number of hydrogen-bond donors (Lipinski definition) is 1. The van der Waals surface area contributed by atoms with Gasteiger partial charge in [-0.1, -0.05) is 30.3 Å². The van der Waals surface area contributed by atoms with Crippen molar-refractivity contribution < 1.29 is 9.59 Å². The van der Waals surface area contributed by atoms with Gasteiger partial charge in [-0.25, -0.2) is 0 Å². The smallest absolute Gasteiger partial charge is 0.225 e. The molecular formula is C21H26N2O2. The van der Waals surface area contributed by atoms with Crippen molar-refractivity contribution in [3.05, 3.63) is 35.9 Å². The number of benzene rings is 1. The van der Waals surface area contributed by atoms with E-state index >= 15 is 0 Å². The first-order valence-electron chi connectivity index (χ1n) is 9.71. The lowest BCUT2D eigenvalue weighted by atomic mass is 9.66. The number of carbonyl (C=O) groups excluding carboxylic acids is 2. The highest BCUT2D eigenvalue weighted by molar-refractivity contribution is 5.84. The molecule has 2 aliphatic heterocycles. The summed E-state index contributed by atoms with van der Waals surface area (Å²) in [4.78, 5) is 26.3. The summed E-state index contributed by atoms with van der Waals surface area (Å²) >= 11 is 0. The van der Waals surface area contributed by atoms with Crippen molar-refractivity contribution in [1.82, 2.24) is 10.2 Å². The summed E-state index contributed by atoms with van der Waals surface area (Å²) in [5, 5.41) is 3.09. The van der Waals surface area contributed by atoms with Crippen molar-refractivity contribution in [2.45, 2.75) is 56.4 Å². The zero-order valence-electron chi connectivity index (χ0n) is 14.7. The molecule has 25 heavy (non-hydrogen) atoms. The van der Waals surface area contributed by atoms with Gasteiger partial charge in [-0.3, -0.25) is 9.59 Å². The molecule has 0 radical (unpaired) electrons. The second-order valence-corrected chi connectivity index (χ2v) is 8.98. The third kappa shape index (κ3) is 2.49. The van der Waals surface area contributed by atoms with E-state index in [2.05, 4.69) is 40.5 Å². The van der Waals surface area contributed by atoms with Crippen LogP contribution in [0.1, 0.15) is 56.4 Å². The Labute approximate surface area is 149 Å². The predicted octanol–water partition coefficient (Wildman–Crippen LogP) is 2.84. The van der Waals surface area contributed by atoms with Crippen LogP contribution in [0.15, 0.2) is 30.3 Å². The Balaban J connectivity index is 1.15. The molecule has 132 valence electrons. The molecule has 2 amide bonds. The molecular weight excluding hydrogens is 312 g/mol. The Bertz CT molecular complexity index is 702. The standard InChI is InChI=1S/C21H26N2O2/c24-18-7-9-21(22-18)11-17(12-21)19(25)23-13-20(14-23)8-6-16(10-20)15-4-2-1-3-5-15/h1-5,16-17H,6-14H2,(H,22,24)/t16-,17?,21?/m0/s1. The molecule has 1 aromatic rings. The first kappa shape index (κ1) is 15.4. The summed E-state index contributed by atoms with van der Waals surface area (Å²) in [6.45, 7) is 1.90. The Hall–Kier alpha value is -1.84. The number of amides is 2. The van der Waals surface area contributed by atoms with Crippen LogP contribution in [-0.4, -0.2) is 35.3 Å². The van der Waals surface area contributed by atoms with Crippen LogP contribution in [0, 0.1) is 11.3 Å². The minimum atomic E-state index is -0.0360. The molecule has 4 aliphatic rings. The number of nitrogens with zero attached hydrogens (tertiary/aromatic N) is 1. The van der Waals surface area contributed by atoms with Crippen molar-refractivity contribution in [3.8, 4) is 0 Å². The third-order valence-corrected chi connectivity index (χ3v) is 7.20. The molecule has 0 aromatic heterocycles. The Kier molecular flexibility index (Phi) is 3.28. The zero-order chi connectivity index (χ0) is 17.1. The van der Waals surface area contributed by atoms with E-state index < -0.39 is 0 Å². The SMILES string of the molecule is O=C1CCC2(CC(C(=O)N3CC4(CC[C@H](c5ccccc5)C4)C3)C2)N1. The Morgan fingerprint density at radius 1 is 1.08 bits per heavy atom. The molecule has 1 N–H and O–H groups in total. The van der Waals surface area contributed by atoms with Crippen LogP contribution in [0.25, 0.3) is 0 Å². The predicted molar refractivity (Wildman–Crippen MR) is 94.9 cm³/mol. The quantitative estimate of drug-likeness (QED) is 0.901. The number of hydrogen-bond acceptors (Lipinski definition) is 2. The molecule has 4 nitrogen and oxygen atoms in total. The average Bonchev–Trinajstić information content (AvgIpc) is 3.17. The van der Waals surface area contributed by atoms with Gasteiger partial charge in [0.25, 0.3) is 0 Å². The molecule has 2 saturated heterocycles. The first-order valence-corrected chi connectivity index (χ1v) is 9.71. The van der Waals surface area contributed by atoms with Gasteiger partial charge in [0.05, 0.1) is 0 Å². The summed E-state index contributed by atoms with van der Waals surface area (Å²) < 4.78 is 0. The van der Waals surface area contributed by atoms with E-state index in [1.54, 1.807) is 0 Å². The summed E-state index contributed by atoms with van der Waals surface area (Å²) in [7, 11) is 0. The van der Waals surface area contributed by atoms with E-state index in [4.69, 9.17) is 0 Å². The highest BCUT2D eigenvalue weighted by atomic mass is 16.2. The van der Waals surface area contributed by atoms with Gasteiger partial charge < -0.3 is 10.2 Å². The minimum absolute atomic E-state index is 0.0360. The highest BCUT2D eigenvalue weighted by Gasteiger charge is 2.55. The Morgan fingerprint density at radius 3 is 2.52 bits per heavy atom. The number of nitrogens with one attached hydrogen (secondary N) is 1. The van der Waals surface area contributed by atoms with E-state index in [9.17, 15) is 9.59 Å². The fourth-order valence-corrected chi connectivity index (χ4v) is 5.82. The molecule has 2 heterocycles. The Morgan fingerprint density at radius 2 is 1.84 bits per heavy atom. The molecule has 1 aromatic carbocycles. The lowest BCUT2D eigenvalue weighted by molar-refractivity contribution is -0.153. The van der Waals surface area contributed by atoms with Crippen LogP contribution in [-0.2, 0) is 9.59 Å². The van der Waals surface area contributed by atoms with Crippen molar-refractivity contribution in [2.24, 2.45) is 11.3 Å². The van der Waals surface area contributed by atoms with Gasteiger partial charge in [0.1, 0.15) is 0 Å². The second-order valence-electron chi connectivity index (χ2n) is 8.98. The van der Waals surface area contributed by atoms with Crippen molar-refractivity contribution >= 4 is 11.8 Å². The van der Waals surface area contributed by atoms with Crippen LogP contribution in [0.5, 0.6) is 0 Å².